The predicted octanol–water partition coefficient (Wildman–Crippen LogP) is 5.23. The molecule has 0 bridgehead atoms. The first kappa shape index (κ1) is 33.5. The van der Waals surface area contributed by atoms with Gasteiger partial charge in [0.05, 0.1) is 16.9 Å². The number of pyridine rings is 2. The molecule has 3 N–H and O–H groups in total. The van der Waals surface area contributed by atoms with Crippen molar-refractivity contribution in [1.82, 2.24) is 35.2 Å². The van der Waals surface area contributed by atoms with Crippen LogP contribution in [0.15, 0.2) is 77.9 Å². The van der Waals surface area contributed by atoms with Crippen molar-refractivity contribution < 1.29 is 14.0 Å². The largest absolute Gasteiger partial charge is 0.352 e. The molecule has 5 aromatic rings. The number of rotatable bonds is 10. The zero-order valence-corrected chi connectivity index (χ0v) is 28.6. The molecule has 2 aliphatic heterocycles. The molecule has 0 spiro atoms. The molecule has 0 radical (unpaired) electrons. The van der Waals surface area contributed by atoms with Gasteiger partial charge in [-0.25, -0.2) is 9.97 Å². The second kappa shape index (κ2) is 14.1. The first-order valence-electron chi connectivity index (χ1n) is 16.7. The summed E-state index contributed by atoms with van der Waals surface area (Å²) in [4.78, 5) is 47.1. The van der Waals surface area contributed by atoms with Gasteiger partial charge in [-0.1, -0.05) is 54.1 Å². The Kier molecular flexibility index (Phi) is 9.46. The number of carbonyl (C=O) groups is 2. The molecule has 2 amide bonds. The van der Waals surface area contributed by atoms with E-state index < -0.39 is 5.95 Å². The fourth-order valence-corrected chi connectivity index (χ4v) is 7.15. The van der Waals surface area contributed by atoms with Crippen LogP contribution in [0.25, 0.3) is 39.2 Å². The van der Waals surface area contributed by atoms with E-state index in [0.717, 1.165) is 34.2 Å². The number of aromatic nitrogens is 3. The molecule has 256 valence electrons. The number of benzene rings is 2. The van der Waals surface area contributed by atoms with Crippen molar-refractivity contribution in [3.05, 3.63) is 111 Å². The fraction of sp³-hybridized carbons (Fsp3) is 0.289. The standard InChI is InChI=1S/C38H37ClFN7O3/c1-22-27(23-15-16-47-33(17-23)42-19-25(38(47)50)18-41-20-26-10-13-34(48)43-26)5-3-6-28(22)29-7-4-8-30(36(29)39)31-11-9-24(37(40)44-31)21-46(2)32-12-14-35(49)45-32/h3-9,11,15-17,19,26,32,41H,10,12-14,18,20-21H2,1-2H3,(H,43,48)(H,45,49)/t26-,32-/m0/s1. The molecule has 0 saturated carbocycles. The van der Waals surface area contributed by atoms with E-state index >= 15 is 4.39 Å². The van der Waals surface area contributed by atoms with Gasteiger partial charge >= 0.3 is 0 Å². The lowest BCUT2D eigenvalue weighted by Gasteiger charge is -2.24. The summed E-state index contributed by atoms with van der Waals surface area (Å²) in [6.45, 7) is 3.28. The van der Waals surface area contributed by atoms with Crippen LogP contribution in [0, 0.1) is 12.9 Å². The average Bonchev–Trinajstić information content (AvgIpc) is 3.74. The molecule has 0 unspecified atom stereocenters. The zero-order valence-electron chi connectivity index (χ0n) is 27.8. The first-order valence-corrected chi connectivity index (χ1v) is 17.1. The van der Waals surface area contributed by atoms with Gasteiger partial charge in [0.2, 0.25) is 17.8 Å². The Morgan fingerprint density at radius 2 is 1.68 bits per heavy atom. The molecule has 12 heteroatoms. The number of carbonyl (C=O) groups excluding carboxylic acids is 2. The highest BCUT2D eigenvalue weighted by atomic mass is 35.5. The second-order valence-corrected chi connectivity index (χ2v) is 13.4. The SMILES string of the molecule is Cc1c(-c2ccn3c(=O)c(CNC[C@@H]4CCC(=O)N4)cnc3c2)cccc1-c1cccc(-c2ccc(CN(C)[C@H]3CCC(=O)N3)c(F)n2)c1Cl. The van der Waals surface area contributed by atoms with Crippen molar-refractivity contribution in [3.8, 4) is 33.5 Å². The number of fused-ring (bicyclic) bond motifs is 1. The van der Waals surface area contributed by atoms with Crippen LogP contribution in [0.3, 0.4) is 0 Å². The Bertz CT molecular complexity index is 2190. The minimum absolute atomic E-state index is 0.00409. The number of hydrogen-bond donors (Lipinski definition) is 3. The van der Waals surface area contributed by atoms with Gasteiger partial charge in [0.15, 0.2) is 0 Å². The third-order valence-electron chi connectivity index (χ3n) is 9.63. The van der Waals surface area contributed by atoms with Crippen LogP contribution in [0.4, 0.5) is 4.39 Å². The smallest absolute Gasteiger partial charge is 0.262 e. The van der Waals surface area contributed by atoms with E-state index in [4.69, 9.17) is 11.6 Å². The number of hydrogen-bond acceptors (Lipinski definition) is 7. The van der Waals surface area contributed by atoms with Crippen LogP contribution in [-0.2, 0) is 22.7 Å². The number of halogens is 2. The van der Waals surface area contributed by atoms with Gasteiger partial charge in [0, 0.05) is 73.2 Å². The van der Waals surface area contributed by atoms with Gasteiger partial charge in [0.1, 0.15) is 5.65 Å². The molecule has 50 heavy (non-hydrogen) atoms. The minimum Gasteiger partial charge on any atom is -0.352 e. The van der Waals surface area contributed by atoms with Crippen molar-refractivity contribution in [2.24, 2.45) is 0 Å². The predicted molar refractivity (Wildman–Crippen MR) is 191 cm³/mol. The van der Waals surface area contributed by atoms with E-state index in [1.54, 1.807) is 28.9 Å². The van der Waals surface area contributed by atoms with E-state index in [1.165, 1.54) is 0 Å². The highest BCUT2D eigenvalue weighted by Gasteiger charge is 2.25. The highest BCUT2D eigenvalue weighted by Crippen LogP contribution is 2.39. The summed E-state index contributed by atoms with van der Waals surface area (Å²) in [5, 5.41) is 9.55. The Labute approximate surface area is 293 Å². The monoisotopic (exact) mass is 693 g/mol. The molecule has 10 nitrogen and oxygen atoms in total. The second-order valence-electron chi connectivity index (χ2n) is 13.0. The normalized spacial score (nSPS) is 17.5. The highest BCUT2D eigenvalue weighted by molar-refractivity contribution is 6.36. The van der Waals surface area contributed by atoms with Crippen LogP contribution in [0.1, 0.15) is 42.4 Å². The molecular weight excluding hydrogens is 657 g/mol. The van der Waals surface area contributed by atoms with Gasteiger partial charge in [-0.3, -0.25) is 23.7 Å². The Morgan fingerprint density at radius 1 is 0.940 bits per heavy atom. The maximum atomic E-state index is 15.3. The molecule has 2 saturated heterocycles. The van der Waals surface area contributed by atoms with Crippen molar-refractivity contribution in [2.75, 3.05) is 13.6 Å². The van der Waals surface area contributed by atoms with Crippen LogP contribution in [-0.4, -0.2) is 56.9 Å². The van der Waals surface area contributed by atoms with Gasteiger partial charge in [-0.15, -0.1) is 0 Å². The fourth-order valence-electron chi connectivity index (χ4n) is 6.83. The minimum atomic E-state index is -0.579. The molecule has 5 heterocycles. The van der Waals surface area contributed by atoms with Crippen molar-refractivity contribution >= 4 is 29.1 Å². The lowest BCUT2D eigenvalue weighted by molar-refractivity contribution is -0.120. The zero-order chi connectivity index (χ0) is 34.9. The van der Waals surface area contributed by atoms with E-state index in [0.29, 0.717) is 72.0 Å². The maximum absolute atomic E-state index is 15.3. The van der Waals surface area contributed by atoms with Gasteiger partial charge in [-0.2, -0.15) is 4.39 Å². The number of amides is 2. The molecule has 7 rings (SSSR count). The summed E-state index contributed by atoms with van der Waals surface area (Å²) >= 11 is 7.03. The Morgan fingerprint density at radius 3 is 2.42 bits per heavy atom. The molecule has 2 fully saturated rings. The lowest BCUT2D eigenvalue weighted by Crippen LogP contribution is -2.40. The van der Waals surface area contributed by atoms with Crippen molar-refractivity contribution in [2.45, 2.75) is 57.9 Å². The summed E-state index contributed by atoms with van der Waals surface area (Å²) < 4.78 is 16.8. The Hall–Kier alpha value is -4.97. The molecular formula is C38H37ClFN7O3. The third kappa shape index (κ3) is 6.76. The van der Waals surface area contributed by atoms with Crippen LogP contribution in [0.2, 0.25) is 5.02 Å². The Balaban J connectivity index is 1.12. The summed E-state index contributed by atoms with van der Waals surface area (Å²) in [6, 6.07) is 19.0. The van der Waals surface area contributed by atoms with E-state index in [1.807, 2.05) is 67.4 Å². The lowest BCUT2D eigenvalue weighted by atomic mass is 9.92. The summed E-state index contributed by atoms with van der Waals surface area (Å²) in [5.74, 6) is -0.514. The van der Waals surface area contributed by atoms with Gasteiger partial charge in [0.25, 0.3) is 5.56 Å². The maximum Gasteiger partial charge on any atom is 0.262 e. The van der Waals surface area contributed by atoms with Crippen LogP contribution < -0.4 is 21.5 Å². The van der Waals surface area contributed by atoms with Crippen LogP contribution >= 0.6 is 11.6 Å². The number of nitrogens with one attached hydrogen (secondary N) is 3. The number of nitrogens with zero attached hydrogens (tertiary/aromatic N) is 4. The van der Waals surface area contributed by atoms with Crippen molar-refractivity contribution in [3.63, 3.8) is 0 Å². The summed E-state index contributed by atoms with van der Waals surface area (Å²) in [7, 11) is 1.85. The van der Waals surface area contributed by atoms with Gasteiger partial charge in [-0.05, 0) is 67.3 Å². The van der Waals surface area contributed by atoms with E-state index in [-0.39, 0.29) is 29.6 Å². The van der Waals surface area contributed by atoms with E-state index in [2.05, 4.69) is 25.9 Å². The van der Waals surface area contributed by atoms with E-state index in [9.17, 15) is 14.4 Å². The van der Waals surface area contributed by atoms with Crippen LogP contribution in [0.5, 0.6) is 0 Å². The third-order valence-corrected chi connectivity index (χ3v) is 10.0. The molecule has 0 aliphatic carbocycles. The summed E-state index contributed by atoms with van der Waals surface area (Å²) in [6.07, 6.45) is 5.70. The molecule has 2 aliphatic rings. The average molecular weight is 694 g/mol. The van der Waals surface area contributed by atoms with Crippen molar-refractivity contribution in [1.29, 1.82) is 0 Å². The molecule has 2 atom stereocenters. The summed E-state index contributed by atoms with van der Waals surface area (Å²) in [5.41, 5.74) is 6.94. The van der Waals surface area contributed by atoms with Gasteiger partial charge < -0.3 is 16.0 Å². The molecule has 3 aromatic heterocycles. The molecule has 2 aromatic carbocycles. The quantitative estimate of drug-likeness (QED) is 0.172. The topological polar surface area (TPSA) is 121 Å². The first-order chi connectivity index (χ1) is 24.2.